The molecule has 1 saturated heterocycles. The highest BCUT2D eigenvalue weighted by Gasteiger charge is 2.42. The van der Waals surface area contributed by atoms with E-state index in [0.717, 1.165) is 4.31 Å². The molecule has 7 heteroatoms. The Kier molecular flexibility index (Phi) is 4.55. The van der Waals surface area contributed by atoms with E-state index in [-0.39, 0.29) is 17.3 Å². The molecule has 1 aromatic carbocycles. The van der Waals surface area contributed by atoms with Gasteiger partial charge in [-0.15, -0.1) is 0 Å². The fourth-order valence-corrected chi connectivity index (χ4v) is 4.07. The van der Waals surface area contributed by atoms with E-state index >= 15 is 0 Å². The molecule has 0 aromatic heterocycles. The summed E-state index contributed by atoms with van der Waals surface area (Å²) in [6, 6.07) is 6.12. The summed E-state index contributed by atoms with van der Waals surface area (Å²) in [5, 5.41) is 2.77. The number of sulfonamides is 1. The number of anilines is 1. The fourth-order valence-electron chi connectivity index (χ4n) is 2.26. The second kappa shape index (κ2) is 6.08. The molecule has 1 atom stereocenters. The minimum atomic E-state index is -3.65. The largest absolute Gasteiger partial charge is 0.352 e. The molecule has 1 aliphatic rings. The van der Waals surface area contributed by atoms with Crippen LogP contribution in [0.15, 0.2) is 24.3 Å². The molecule has 1 aliphatic heterocycles. The van der Waals surface area contributed by atoms with Gasteiger partial charge in [-0.3, -0.25) is 9.59 Å². The van der Waals surface area contributed by atoms with E-state index < -0.39 is 21.8 Å². The third kappa shape index (κ3) is 3.30. The number of nitrogens with one attached hydrogen (secondary N) is 1. The van der Waals surface area contributed by atoms with E-state index in [1.54, 1.807) is 19.1 Å². The van der Waals surface area contributed by atoms with Crippen molar-refractivity contribution in [1.82, 2.24) is 5.32 Å². The molecular weight excluding hydrogens is 304 g/mol. The number of rotatable bonds is 4. The van der Waals surface area contributed by atoms with Crippen LogP contribution in [0, 0.1) is 11.8 Å². The molecule has 0 bridgehead atoms. The molecule has 2 amide bonds. The van der Waals surface area contributed by atoms with Gasteiger partial charge < -0.3 is 5.32 Å². The summed E-state index contributed by atoms with van der Waals surface area (Å²) in [4.78, 5) is 24.1. The van der Waals surface area contributed by atoms with Crippen molar-refractivity contribution in [3.05, 3.63) is 29.8 Å². The zero-order chi connectivity index (χ0) is 16.5. The van der Waals surface area contributed by atoms with Gasteiger partial charge in [-0.25, -0.2) is 12.7 Å². The van der Waals surface area contributed by atoms with Crippen molar-refractivity contribution in [1.29, 1.82) is 0 Å². The van der Waals surface area contributed by atoms with Crippen molar-refractivity contribution < 1.29 is 18.0 Å². The molecule has 22 heavy (non-hydrogen) atoms. The molecular formula is C15H20N2O4S. The van der Waals surface area contributed by atoms with Gasteiger partial charge in [0.2, 0.25) is 15.9 Å². The second-order valence-electron chi connectivity index (χ2n) is 5.94. The first-order valence-corrected chi connectivity index (χ1v) is 8.78. The van der Waals surface area contributed by atoms with E-state index in [4.69, 9.17) is 0 Å². The lowest BCUT2D eigenvalue weighted by Gasteiger charge is -2.16. The molecule has 1 fully saturated rings. The van der Waals surface area contributed by atoms with Gasteiger partial charge in [0.05, 0.1) is 17.4 Å². The summed E-state index contributed by atoms with van der Waals surface area (Å²) in [6.45, 7) is 6.07. The van der Waals surface area contributed by atoms with Crippen molar-refractivity contribution in [2.45, 2.75) is 20.8 Å². The third-order valence-electron chi connectivity index (χ3n) is 3.37. The molecule has 0 aliphatic carbocycles. The maximum absolute atomic E-state index is 12.1. The van der Waals surface area contributed by atoms with Crippen LogP contribution in [0.3, 0.4) is 0 Å². The van der Waals surface area contributed by atoms with Crippen molar-refractivity contribution in [2.75, 3.05) is 16.6 Å². The Hall–Kier alpha value is -1.89. The molecule has 1 N–H and O–H groups in total. The lowest BCUT2D eigenvalue weighted by Crippen LogP contribution is -2.31. The molecule has 1 heterocycles. The maximum atomic E-state index is 12.1. The first-order valence-electron chi connectivity index (χ1n) is 7.17. The normalized spacial score (nSPS) is 20.5. The van der Waals surface area contributed by atoms with E-state index in [9.17, 15) is 18.0 Å². The summed E-state index contributed by atoms with van der Waals surface area (Å²) in [6.07, 6.45) is 0. The average molecular weight is 324 g/mol. The van der Waals surface area contributed by atoms with Crippen LogP contribution in [-0.4, -0.2) is 32.5 Å². The number of carbonyl (C=O) groups excluding carboxylic acids is 2. The second-order valence-corrected chi connectivity index (χ2v) is 7.80. The Morgan fingerprint density at radius 1 is 1.41 bits per heavy atom. The molecule has 0 radical (unpaired) electrons. The highest BCUT2D eigenvalue weighted by molar-refractivity contribution is 7.94. The average Bonchev–Trinajstić information content (AvgIpc) is 2.64. The molecule has 2 rings (SSSR count). The minimum Gasteiger partial charge on any atom is -0.352 e. The van der Waals surface area contributed by atoms with Gasteiger partial charge >= 0.3 is 0 Å². The van der Waals surface area contributed by atoms with Crippen molar-refractivity contribution in [3.8, 4) is 0 Å². The number of hydrogen-bond acceptors (Lipinski definition) is 4. The van der Waals surface area contributed by atoms with Crippen molar-refractivity contribution in [3.63, 3.8) is 0 Å². The molecule has 1 aromatic rings. The third-order valence-corrected chi connectivity index (χ3v) is 5.24. The molecule has 1 unspecified atom stereocenters. The standard InChI is InChI=1S/C15H20N2O4S/c1-10(2)8-16-14(18)12-5-4-6-13(7-12)17-15(19)11(3)9-22(17,20)21/h4-7,10-11H,8-9H2,1-3H3,(H,16,18). The van der Waals surface area contributed by atoms with Gasteiger partial charge in [-0.05, 0) is 24.1 Å². The van der Waals surface area contributed by atoms with Crippen molar-refractivity contribution >= 4 is 27.5 Å². The van der Waals surface area contributed by atoms with Gasteiger partial charge in [0.1, 0.15) is 0 Å². The Balaban J connectivity index is 2.29. The number of amides is 2. The number of nitrogens with zero attached hydrogens (tertiary/aromatic N) is 1. The first-order chi connectivity index (χ1) is 10.2. The predicted octanol–water partition coefficient (Wildman–Crippen LogP) is 1.38. The monoisotopic (exact) mass is 324 g/mol. The van der Waals surface area contributed by atoms with E-state index in [0.29, 0.717) is 18.0 Å². The smallest absolute Gasteiger partial charge is 0.251 e. The zero-order valence-electron chi connectivity index (χ0n) is 12.9. The summed E-state index contributed by atoms with van der Waals surface area (Å²) in [5.41, 5.74) is 0.548. The van der Waals surface area contributed by atoms with Gasteiger partial charge in [-0.2, -0.15) is 0 Å². The van der Waals surface area contributed by atoms with E-state index in [1.165, 1.54) is 12.1 Å². The van der Waals surface area contributed by atoms with Crippen LogP contribution in [0.1, 0.15) is 31.1 Å². The lowest BCUT2D eigenvalue weighted by atomic mass is 10.1. The van der Waals surface area contributed by atoms with Crippen LogP contribution in [0.2, 0.25) is 0 Å². The van der Waals surface area contributed by atoms with E-state index in [2.05, 4.69) is 5.32 Å². The number of hydrogen-bond donors (Lipinski definition) is 1. The van der Waals surface area contributed by atoms with Crippen molar-refractivity contribution in [2.24, 2.45) is 11.8 Å². The Morgan fingerprint density at radius 3 is 2.64 bits per heavy atom. The summed E-state index contributed by atoms with van der Waals surface area (Å²) in [5.74, 6) is -1.19. The number of carbonyl (C=O) groups is 2. The summed E-state index contributed by atoms with van der Waals surface area (Å²) < 4.78 is 25.0. The van der Waals surface area contributed by atoms with Crippen LogP contribution in [-0.2, 0) is 14.8 Å². The van der Waals surface area contributed by atoms with Gasteiger partial charge in [0, 0.05) is 12.1 Å². The van der Waals surface area contributed by atoms with Crippen LogP contribution >= 0.6 is 0 Å². The van der Waals surface area contributed by atoms with Crippen LogP contribution < -0.4 is 9.62 Å². The zero-order valence-corrected chi connectivity index (χ0v) is 13.7. The maximum Gasteiger partial charge on any atom is 0.251 e. The number of benzene rings is 1. The van der Waals surface area contributed by atoms with Gasteiger partial charge in [-0.1, -0.05) is 26.8 Å². The molecule has 0 saturated carbocycles. The molecule has 6 nitrogen and oxygen atoms in total. The SMILES string of the molecule is CC(C)CNC(=O)c1cccc(N2C(=O)C(C)CS2(=O)=O)c1. The first kappa shape index (κ1) is 16.5. The Bertz CT molecular complexity index is 697. The summed E-state index contributed by atoms with van der Waals surface area (Å²) in [7, 11) is -3.65. The Labute approximate surface area is 130 Å². The lowest BCUT2D eigenvalue weighted by molar-refractivity contribution is -0.119. The minimum absolute atomic E-state index is 0.199. The van der Waals surface area contributed by atoms with E-state index in [1.807, 2.05) is 13.8 Å². The highest BCUT2D eigenvalue weighted by Crippen LogP contribution is 2.28. The summed E-state index contributed by atoms with van der Waals surface area (Å²) >= 11 is 0. The molecule has 0 spiro atoms. The van der Waals surface area contributed by atoms with Crippen LogP contribution in [0.25, 0.3) is 0 Å². The Morgan fingerprint density at radius 2 is 2.09 bits per heavy atom. The fraction of sp³-hybridized carbons (Fsp3) is 0.467. The van der Waals surface area contributed by atoms with Gasteiger partial charge in [0.25, 0.3) is 5.91 Å². The van der Waals surface area contributed by atoms with Gasteiger partial charge in [0.15, 0.2) is 0 Å². The predicted molar refractivity (Wildman–Crippen MR) is 84.1 cm³/mol. The molecule has 120 valence electrons. The quantitative estimate of drug-likeness (QED) is 0.907. The van der Waals surface area contributed by atoms with Crippen LogP contribution in [0.4, 0.5) is 5.69 Å². The highest BCUT2D eigenvalue weighted by atomic mass is 32.2. The van der Waals surface area contributed by atoms with Crippen LogP contribution in [0.5, 0.6) is 0 Å². The topological polar surface area (TPSA) is 83.6 Å².